The van der Waals surface area contributed by atoms with Crippen molar-refractivity contribution in [1.82, 2.24) is 19.5 Å². The van der Waals surface area contributed by atoms with Crippen LogP contribution in [0.1, 0.15) is 13.2 Å². The number of aliphatic hydroxyl groups is 1. The molecule has 0 aromatic carbocycles. The normalized spacial score (nSPS) is 29.7. The highest BCUT2D eigenvalue weighted by Crippen LogP contribution is 2.66. The molecule has 0 saturated carbocycles. The number of nitrogens with two attached hydrogens (primary N) is 1. The molecule has 0 amide bonds. The van der Waals surface area contributed by atoms with Gasteiger partial charge in [-0.3, -0.25) is 18.9 Å². The molecule has 0 spiro atoms. The molecule has 8 N–H and O–H groups in total. The molecule has 186 valence electrons. The number of H-pyrrole nitrogens is 1. The van der Waals surface area contributed by atoms with Gasteiger partial charge in [-0.2, -0.15) is 13.6 Å². The lowest BCUT2D eigenvalue weighted by Gasteiger charge is -2.27. The Morgan fingerprint density at radius 1 is 1.27 bits per heavy atom. The third-order valence-electron chi connectivity index (χ3n) is 4.24. The number of nitrogens with one attached hydrogen (secondary N) is 1. The van der Waals surface area contributed by atoms with Crippen LogP contribution in [-0.4, -0.2) is 68.7 Å². The van der Waals surface area contributed by atoms with Crippen LogP contribution >= 0.6 is 23.5 Å². The minimum atomic E-state index is -5.78. The molecule has 0 bridgehead atoms. The molecule has 2 aromatic heterocycles. The molecule has 6 atom stereocenters. The zero-order valence-corrected chi connectivity index (χ0v) is 18.8. The van der Waals surface area contributed by atoms with Crippen molar-refractivity contribution in [3.63, 3.8) is 0 Å². The van der Waals surface area contributed by atoms with Gasteiger partial charge in [-0.05, 0) is 6.92 Å². The van der Waals surface area contributed by atoms with E-state index >= 15 is 0 Å². The van der Waals surface area contributed by atoms with Gasteiger partial charge in [-0.1, -0.05) is 0 Å². The highest BCUT2D eigenvalue weighted by atomic mass is 31.3. The number of nitrogen functional groups attached to an aromatic ring is 1. The van der Waals surface area contributed by atoms with Crippen molar-refractivity contribution in [2.24, 2.45) is 0 Å². The fraction of sp³-hybridized carbons (Fsp3) is 0.545. The number of hydrogen-bond acceptors (Lipinski definition) is 12. The minimum absolute atomic E-state index is 0.201. The Morgan fingerprint density at radius 2 is 1.91 bits per heavy atom. The van der Waals surface area contributed by atoms with Gasteiger partial charge in [-0.15, -0.1) is 0 Å². The van der Waals surface area contributed by atoms with Crippen LogP contribution in [0.5, 0.6) is 0 Å². The zero-order chi connectivity index (χ0) is 25.0. The van der Waals surface area contributed by atoms with Crippen LogP contribution in [0.15, 0.2) is 11.1 Å². The van der Waals surface area contributed by atoms with E-state index in [2.05, 4.69) is 28.1 Å². The number of rotatable bonds is 8. The number of anilines is 1. The predicted molar refractivity (Wildman–Crippen MR) is 102 cm³/mol. The fourth-order valence-corrected chi connectivity index (χ4v) is 5.99. The molecule has 1 saturated heterocycles. The van der Waals surface area contributed by atoms with E-state index in [0.717, 1.165) is 17.8 Å². The van der Waals surface area contributed by atoms with Crippen LogP contribution in [0.2, 0.25) is 0 Å². The Balaban J connectivity index is 1.79. The largest absolute Gasteiger partial charge is 0.490 e. The van der Waals surface area contributed by atoms with Crippen molar-refractivity contribution < 1.29 is 60.6 Å². The second-order valence-electron chi connectivity index (χ2n) is 6.85. The van der Waals surface area contributed by atoms with Gasteiger partial charge >= 0.3 is 23.5 Å². The summed E-state index contributed by atoms with van der Waals surface area (Å²) in [5, 5.41) is 10.3. The molecule has 2 aromatic rings. The van der Waals surface area contributed by atoms with Crippen molar-refractivity contribution in [2.75, 3.05) is 12.3 Å². The highest BCUT2D eigenvalue weighted by Gasteiger charge is 2.55. The number of halogens is 1. The standard InChI is InChI=1S/C11H17FN5O13P3/c1-11(2-27-32(23,24)30-33(25,26)29-31(20,21)22)6(18)4(12)9(28-11)17-3-14-5-7(17)15-10(13)16-8(5)19/h3-4,6,9,18H,2H2,1H3,(H,23,24)(H,25,26)(H2,20,21,22)(H3,13,15,16,19)/t4-,6+,9?,11-/m1/s1. The van der Waals surface area contributed by atoms with E-state index in [-0.39, 0.29) is 17.1 Å². The third-order valence-corrected chi connectivity index (χ3v) is 8.03. The first-order valence-electron chi connectivity index (χ1n) is 8.44. The fourth-order valence-electron chi connectivity index (χ4n) is 2.88. The van der Waals surface area contributed by atoms with Gasteiger partial charge in [0.25, 0.3) is 5.56 Å². The number of phosphoric acid groups is 3. The minimum Gasteiger partial charge on any atom is -0.387 e. The number of fused-ring (bicyclic) bond motifs is 1. The SMILES string of the molecule is C[C@]1(COP(=O)(O)OP(=O)(O)OP(=O)(O)O)OC(n2cnc3c(=O)[nH]c(N)nc32)[C@H](F)[C@@H]1O. The average molecular weight is 539 g/mol. The average Bonchev–Trinajstić information content (AvgIpc) is 3.12. The molecule has 3 heterocycles. The van der Waals surface area contributed by atoms with Gasteiger partial charge in [-0.25, -0.2) is 23.1 Å². The molecule has 1 aliphatic rings. The Kier molecular flexibility index (Phi) is 6.76. The molecule has 18 nitrogen and oxygen atoms in total. The summed E-state index contributed by atoms with van der Waals surface area (Å²) in [4.78, 5) is 57.4. The number of aromatic nitrogens is 4. The Hall–Kier alpha value is -1.59. The summed E-state index contributed by atoms with van der Waals surface area (Å²) in [5.41, 5.74) is 2.22. The van der Waals surface area contributed by atoms with Crippen LogP contribution < -0.4 is 11.3 Å². The van der Waals surface area contributed by atoms with E-state index < -0.39 is 59.7 Å². The van der Waals surface area contributed by atoms with E-state index in [1.807, 2.05) is 0 Å². The van der Waals surface area contributed by atoms with Crippen LogP contribution in [0.3, 0.4) is 0 Å². The first kappa shape index (κ1) is 26.0. The number of hydrogen-bond donors (Lipinski definition) is 7. The van der Waals surface area contributed by atoms with Crippen molar-refractivity contribution in [3.05, 3.63) is 16.7 Å². The summed E-state index contributed by atoms with van der Waals surface area (Å²) in [5.74, 6) is -0.321. The van der Waals surface area contributed by atoms with Gasteiger partial charge in [0, 0.05) is 0 Å². The number of nitrogens with zero attached hydrogens (tertiary/aromatic N) is 3. The predicted octanol–water partition coefficient (Wildman–Crippen LogP) is -0.968. The zero-order valence-electron chi connectivity index (χ0n) is 16.2. The molecule has 0 aliphatic carbocycles. The maximum absolute atomic E-state index is 14.9. The quantitative estimate of drug-likeness (QED) is 0.199. The topological polar surface area (TPSA) is 279 Å². The summed E-state index contributed by atoms with van der Waals surface area (Å²) in [7, 11) is -16.9. The summed E-state index contributed by atoms with van der Waals surface area (Å²) in [6, 6.07) is 0. The first-order valence-corrected chi connectivity index (χ1v) is 13.0. The number of aliphatic hydroxyl groups excluding tert-OH is 1. The Morgan fingerprint density at radius 3 is 2.52 bits per heavy atom. The monoisotopic (exact) mass is 539 g/mol. The second-order valence-corrected chi connectivity index (χ2v) is 11.3. The maximum Gasteiger partial charge on any atom is 0.490 e. The molecule has 33 heavy (non-hydrogen) atoms. The van der Waals surface area contributed by atoms with E-state index in [4.69, 9.17) is 25.2 Å². The highest BCUT2D eigenvalue weighted by molar-refractivity contribution is 7.66. The van der Waals surface area contributed by atoms with Gasteiger partial charge < -0.3 is 35.2 Å². The lowest BCUT2D eigenvalue weighted by molar-refractivity contribution is -0.113. The lowest BCUT2D eigenvalue weighted by atomic mass is 9.99. The van der Waals surface area contributed by atoms with Crippen molar-refractivity contribution in [1.29, 1.82) is 0 Å². The number of aromatic amines is 1. The van der Waals surface area contributed by atoms with Crippen LogP contribution in [0.4, 0.5) is 10.3 Å². The third kappa shape index (κ3) is 5.74. The van der Waals surface area contributed by atoms with Crippen molar-refractivity contribution >= 4 is 40.6 Å². The van der Waals surface area contributed by atoms with Crippen LogP contribution in [0, 0.1) is 0 Å². The van der Waals surface area contributed by atoms with Crippen LogP contribution in [-0.2, 0) is 31.6 Å². The molecule has 3 unspecified atom stereocenters. The van der Waals surface area contributed by atoms with Gasteiger partial charge in [0.05, 0.1) is 12.9 Å². The Labute approximate surface area is 181 Å². The summed E-state index contributed by atoms with van der Waals surface area (Å²) in [6.07, 6.45) is -4.94. The summed E-state index contributed by atoms with van der Waals surface area (Å²) < 4.78 is 66.7. The number of alkyl halides is 1. The smallest absolute Gasteiger partial charge is 0.387 e. The number of ether oxygens (including phenoxy) is 1. The van der Waals surface area contributed by atoms with E-state index in [9.17, 15) is 32.9 Å². The Bertz CT molecular complexity index is 1260. The molecule has 3 rings (SSSR count). The van der Waals surface area contributed by atoms with Crippen molar-refractivity contribution in [2.45, 2.75) is 31.0 Å². The molecule has 1 aliphatic heterocycles. The number of imidazole rings is 1. The molecular formula is C11H17FN5O13P3. The molecule has 22 heteroatoms. The van der Waals surface area contributed by atoms with E-state index in [1.165, 1.54) is 0 Å². The van der Waals surface area contributed by atoms with Gasteiger partial charge in [0.1, 0.15) is 11.7 Å². The van der Waals surface area contributed by atoms with Gasteiger partial charge in [0.15, 0.2) is 23.6 Å². The first-order chi connectivity index (χ1) is 14.9. The maximum atomic E-state index is 14.9. The summed E-state index contributed by atoms with van der Waals surface area (Å²) in [6.45, 7) is -0.0831. The van der Waals surface area contributed by atoms with Crippen molar-refractivity contribution in [3.8, 4) is 0 Å². The van der Waals surface area contributed by atoms with E-state index in [0.29, 0.717) is 0 Å². The second kappa shape index (κ2) is 8.57. The lowest BCUT2D eigenvalue weighted by Crippen LogP contribution is -2.43. The van der Waals surface area contributed by atoms with Gasteiger partial charge in [0.2, 0.25) is 5.95 Å². The van der Waals surface area contributed by atoms with Crippen LogP contribution in [0.25, 0.3) is 11.2 Å². The molecule has 0 radical (unpaired) electrons. The number of phosphoric ester groups is 1. The molecule has 1 fully saturated rings. The molecular weight excluding hydrogens is 522 g/mol. The summed E-state index contributed by atoms with van der Waals surface area (Å²) >= 11 is 0. The van der Waals surface area contributed by atoms with E-state index in [1.54, 1.807) is 0 Å².